The molecular formula is C19H15N3O4S. The largest absolute Gasteiger partial charge is 0.497 e. The highest BCUT2D eigenvalue weighted by Gasteiger charge is 2.11. The Balaban J connectivity index is 1.62. The van der Waals surface area contributed by atoms with Gasteiger partial charge in [-0.2, -0.15) is 0 Å². The molecule has 0 saturated heterocycles. The van der Waals surface area contributed by atoms with Crippen LogP contribution in [-0.2, 0) is 0 Å². The molecular weight excluding hydrogens is 366 g/mol. The lowest BCUT2D eigenvalue weighted by Gasteiger charge is -2.04. The number of ketones is 1. The minimum absolute atomic E-state index is 0.0433. The van der Waals surface area contributed by atoms with Gasteiger partial charge in [0, 0.05) is 23.3 Å². The van der Waals surface area contributed by atoms with Crippen molar-refractivity contribution in [1.29, 1.82) is 0 Å². The van der Waals surface area contributed by atoms with Crippen molar-refractivity contribution in [2.75, 3.05) is 12.9 Å². The number of aromatic nitrogens is 2. The highest BCUT2D eigenvalue weighted by Crippen LogP contribution is 2.24. The molecule has 1 heterocycles. The van der Waals surface area contributed by atoms with Gasteiger partial charge in [0.2, 0.25) is 0 Å². The third kappa shape index (κ3) is 4.68. The van der Waals surface area contributed by atoms with E-state index in [9.17, 15) is 14.9 Å². The van der Waals surface area contributed by atoms with E-state index in [-0.39, 0.29) is 17.2 Å². The second-order valence-electron chi connectivity index (χ2n) is 5.50. The van der Waals surface area contributed by atoms with Crippen molar-refractivity contribution in [2.24, 2.45) is 0 Å². The number of carbonyl (C=O) groups is 1. The standard InChI is InChI=1S/C19H15N3O4S/c1-26-16-4-2-3-14(11-16)17-9-10-19(21-20-17)27-12-18(23)13-5-7-15(8-6-13)22(24)25/h2-11H,12H2,1H3. The maximum atomic E-state index is 12.2. The minimum Gasteiger partial charge on any atom is -0.497 e. The van der Waals surface area contributed by atoms with Crippen LogP contribution in [0.4, 0.5) is 5.69 Å². The van der Waals surface area contributed by atoms with Gasteiger partial charge in [0.1, 0.15) is 10.8 Å². The number of rotatable bonds is 7. The number of carbonyl (C=O) groups excluding carboxylic acids is 1. The smallest absolute Gasteiger partial charge is 0.269 e. The summed E-state index contributed by atoms with van der Waals surface area (Å²) in [6.07, 6.45) is 0. The Bertz CT molecular complexity index is 959. The van der Waals surface area contributed by atoms with Crippen LogP contribution >= 0.6 is 11.8 Å². The van der Waals surface area contributed by atoms with Crippen molar-refractivity contribution >= 4 is 23.2 Å². The number of Topliss-reactive ketones (excluding diaryl/α,β-unsaturated/α-hetero) is 1. The van der Waals surface area contributed by atoms with Gasteiger partial charge >= 0.3 is 0 Å². The van der Waals surface area contributed by atoms with Gasteiger partial charge in [-0.05, 0) is 36.4 Å². The number of nitrogens with zero attached hydrogens (tertiary/aromatic N) is 3. The van der Waals surface area contributed by atoms with Crippen LogP contribution in [0.15, 0.2) is 65.7 Å². The topological polar surface area (TPSA) is 95.2 Å². The van der Waals surface area contributed by atoms with Gasteiger partial charge in [-0.15, -0.1) is 10.2 Å². The first kappa shape index (κ1) is 18.5. The van der Waals surface area contributed by atoms with Gasteiger partial charge in [0.15, 0.2) is 5.78 Å². The molecule has 0 aliphatic carbocycles. The van der Waals surface area contributed by atoms with Crippen LogP contribution in [-0.4, -0.2) is 33.8 Å². The van der Waals surface area contributed by atoms with Gasteiger partial charge in [-0.1, -0.05) is 23.9 Å². The number of ether oxygens (including phenoxy) is 1. The zero-order valence-electron chi connectivity index (χ0n) is 14.4. The Morgan fingerprint density at radius 3 is 2.52 bits per heavy atom. The zero-order valence-corrected chi connectivity index (χ0v) is 15.2. The van der Waals surface area contributed by atoms with E-state index in [1.807, 2.05) is 30.3 Å². The molecule has 8 heteroatoms. The number of thioether (sulfide) groups is 1. The van der Waals surface area contributed by atoms with Crippen molar-refractivity contribution in [3.05, 3.63) is 76.3 Å². The summed E-state index contributed by atoms with van der Waals surface area (Å²) < 4.78 is 5.20. The van der Waals surface area contributed by atoms with E-state index in [4.69, 9.17) is 4.74 Å². The van der Waals surface area contributed by atoms with Crippen molar-refractivity contribution in [2.45, 2.75) is 5.03 Å². The Kier molecular flexibility index (Phi) is 5.77. The Morgan fingerprint density at radius 2 is 1.89 bits per heavy atom. The monoisotopic (exact) mass is 381 g/mol. The predicted molar refractivity (Wildman–Crippen MR) is 102 cm³/mol. The first-order valence-electron chi connectivity index (χ1n) is 7.95. The van der Waals surface area contributed by atoms with E-state index in [0.29, 0.717) is 16.3 Å². The average molecular weight is 381 g/mol. The summed E-state index contributed by atoms with van der Waals surface area (Å²) in [5.74, 6) is 0.778. The van der Waals surface area contributed by atoms with Gasteiger partial charge in [0.25, 0.3) is 5.69 Å². The van der Waals surface area contributed by atoms with E-state index in [1.165, 1.54) is 36.0 Å². The summed E-state index contributed by atoms with van der Waals surface area (Å²) in [5, 5.41) is 19.6. The summed E-state index contributed by atoms with van der Waals surface area (Å²) in [4.78, 5) is 22.4. The summed E-state index contributed by atoms with van der Waals surface area (Å²) in [6.45, 7) is 0. The van der Waals surface area contributed by atoms with Crippen molar-refractivity contribution < 1.29 is 14.5 Å². The molecule has 0 aliphatic heterocycles. The Morgan fingerprint density at radius 1 is 1.11 bits per heavy atom. The summed E-state index contributed by atoms with van der Waals surface area (Å²) in [5.41, 5.74) is 1.98. The molecule has 0 saturated carbocycles. The molecule has 0 radical (unpaired) electrons. The van der Waals surface area contributed by atoms with E-state index < -0.39 is 4.92 Å². The number of nitro benzene ring substituents is 1. The normalized spacial score (nSPS) is 10.4. The van der Waals surface area contributed by atoms with Gasteiger partial charge in [0.05, 0.1) is 23.5 Å². The van der Waals surface area contributed by atoms with Crippen LogP contribution in [0.1, 0.15) is 10.4 Å². The maximum Gasteiger partial charge on any atom is 0.269 e. The lowest BCUT2D eigenvalue weighted by Crippen LogP contribution is -2.03. The molecule has 0 unspecified atom stereocenters. The summed E-state index contributed by atoms with van der Waals surface area (Å²) >= 11 is 1.26. The number of hydrogen-bond acceptors (Lipinski definition) is 7. The first-order chi connectivity index (χ1) is 13.1. The average Bonchev–Trinajstić information content (AvgIpc) is 2.72. The van der Waals surface area contributed by atoms with E-state index >= 15 is 0 Å². The maximum absolute atomic E-state index is 12.2. The molecule has 2 aromatic carbocycles. The molecule has 27 heavy (non-hydrogen) atoms. The van der Waals surface area contributed by atoms with Crippen molar-refractivity contribution in [1.82, 2.24) is 10.2 Å². The number of nitro groups is 1. The van der Waals surface area contributed by atoms with Crippen molar-refractivity contribution in [3.8, 4) is 17.0 Å². The lowest BCUT2D eigenvalue weighted by atomic mass is 10.1. The third-order valence-electron chi connectivity index (χ3n) is 3.76. The summed E-state index contributed by atoms with van der Waals surface area (Å²) in [7, 11) is 1.60. The number of non-ortho nitro benzene ring substituents is 1. The molecule has 3 rings (SSSR count). The quantitative estimate of drug-likeness (QED) is 0.264. The molecule has 0 N–H and O–H groups in total. The highest BCUT2D eigenvalue weighted by molar-refractivity contribution is 7.99. The van der Waals surface area contributed by atoms with Crippen LogP contribution in [0.25, 0.3) is 11.3 Å². The van der Waals surface area contributed by atoms with Crippen LogP contribution in [0.3, 0.4) is 0 Å². The minimum atomic E-state index is -0.498. The fraction of sp³-hybridized carbons (Fsp3) is 0.105. The van der Waals surface area contributed by atoms with E-state index in [1.54, 1.807) is 13.2 Å². The van der Waals surface area contributed by atoms with Crippen LogP contribution in [0.5, 0.6) is 5.75 Å². The molecule has 3 aromatic rings. The van der Waals surface area contributed by atoms with Gasteiger partial charge in [-0.3, -0.25) is 14.9 Å². The second-order valence-corrected chi connectivity index (χ2v) is 6.50. The van der Waals surface area contributed by atoms with Crippen LogP contribution < -0.4 is 4.74 Å². The molecule has 0 spiro atoms. The predicted octanol–water partition coefficient (Wildman–Crippen LogP) is 4.04. The summed E-state index contributed by atoms with van der Waals surface area (Å²) in [6, 6.07) is 16.7. The number of methoxy groups -OCH3 is 1. The fourth-order valence-electron chi connectivity index (χ4n) is 2.33. The molecule has 1 aromatic heterocycles. The number of hydrogen-bond donors (Lipinski definition) is 0. The van der Waals surface area contributed by atoms with Crippen LogP contribution in [0, 0.1) is 10.1 Å². The molecule has 0 atom stereocenters. The first-order valence-corrected chi connectivity index (χ1v) is 8.94. The lowest BCUT2D eigenvalue weighted by molar-refractivity contribution is -0.384. The van der Waals surface area contributed by atoms with Gasteiger partial charge < -0.3 is 4.74 Å². The molecule has 0 aliphatic rings. The molecule has 0 bridgehead atoms. The van der Waals surface area contributed by atoms with E-state index in [0.717, 1.165) is 11.3 Å². The fourth-order valence-corrected chi connectivity index (χ4v) is 3.03. The van der Waals surface area contributed by atoms with Gasteiger partial charge in [-0.25, -0.2) is 0 Å². The van der Waals surface area contributed by atoms with Crippen LogP contribution in [0.2, 0.25) is 0 Å². The molecule has 0 amide bonds. The highest BCUT2D eigenvalue weighted by atomic mass is 32.2. The SMILES string of the molecule is COc1cccc(-c2ccc(SCC(=O)c3ccc([N+](=O)[O-])cc3)nn2)c1. The molecule has 0 fully saturated rings. The third-order valence-corrected chi connectivity index (χ3v) is 4.68. The second kappa shape index (κ2) is 8.41. The van der Waals surface area contributed by atoms with Crippen molar-refractivity contribution in [3.63, 3.8) is 0 Å². The zero-order chi connectivity index (χ0) is 19.2. The molecule has 7 nitrogen and oxygen atoms in total. The van der Waals surface area contributed by atoms with E-state index in [2.05, 4.69) is 10.2 Å². The molecule has 136 valence electrons. The number of benzene rings is 2. The Labute approximate surface area is 159 Å². The Hall–Kier alpha value is -3.26.